The molecule has 1 heterocycles. The maximum Gasteiger partial charge on any atom is 0.346 e. The van der Waals surface area contributed by atoms with Crippen LogP contribution in [0.5, 0.6) is 0 Å². The molecule has 0 aliphatic carbocycles. The average molecular weight is 568 g/mol. The van der Waals surface area contributed by atoms with Gasteiger partial charge in [0.25, 0.3) is 11.8 Å². The Morgan fingerprint density at radius 3 is 2.35 bits per heavy atom. The number of carboxylic acid groups (broad SMARTS) is 1. The molecule has 1 unspecified atom stereocenters. The highest BCUT2D eigenvalue weighted by Crippen LogP contribution is 2.26. The molecule has 0 bridgehead atoms. The molecule has 4 N–H and O–H groups in total. The fraction of sp³-hybridized carbons (Fsp3) is 0.136. The van der Waals surface area contributed by atoms with Gasteiger partial charge in [-0.2, -0.15) is 4.98 Å². The number of aromatic nitrogens is 2. The monoisotopic (exact) mass is 566 g/mol. The summed E-state index contributed by atoms with van der Waals surface area (Å²) >= 11 is 15.4. The third-order valence-corrected chi connectivity index (χ3v) is 6.08. The number of nitrogens with zero attached hydrogens (tertiary/aromatic N) is 1. The highest BCUT2D eigenvalue weighted by atomic mass is 79.9. The lowest BCUT2D eigenvalue weighted by Crippen LogP contribution is -2.43. The molecular weight excluding hydrogens is 551 g/mol. The Bertz CT molecular complexity index is 1300. The fourth-order valence-corrected chi connectivity index (χ4v) is 4.36. The number of rotatable bonds is 7. The van der Waals surface area contributed by atoms with Crippen molar-refractivity contribution in [2.45, 2.75) is 19.4 Å². The normalized spacial score (nSPS) is 11.5. The number of carboxylic acids is 1. The third-order valence-electron chi connectivity index (χ3n) is 4.79. The third kappa shape index (κ3) is 5.82. The second-order valence-corrected chi connectivity index (χ2v) is 8.80. The Balaban J connectivity index is 1.89. The second-order valence-electron chi connectivity index (χ2n) is 7.13. The first kappa shape index (κ1) is 25.4. The van der Waals surface area contributed by atoms with Crippen LogP contribution in [-0.4, -0.2) is 38.9 Å². The molecule has 1 atom stereocenters. The number of carbonyl (C=O) groups excluding carboxylic acids is 2. The minimum absolute atomic E-state index is 0.0358. The zero-order chi connectivity index (χ0) is 25.0. The molecule has 12 heteroatoms. The van der Waals surface area contributed by atoms with Crippen molar-refractivity contribution in [1.29, 1.82) is 0 Å². The maximum absolute atomic E-state index is 12.8. The summed E-state index contributed by atoms with van der Waals surface area (Å²) in [6.45, 7) is 1.72. The Hall–Kier alpha value is -3.21. The van der Waals surface area contributed by atoms with Crippen LogP contribution in [0.2, 0.25) is 10.0 Å². The van der Waals surface area contributed by atoms with Crippen LogP contribution in [0, 0.1) is 6.92 Å². The van der Waals surface area contributed by atoms with Crippen LogP contribution in [0.3, 0.4) is 0 Å². The van der Waals surface area contributed by atoms with Crippen LogP contribution in [0.4, 0.5) is 5.82 Å². The first-order valence-corrected chi connectivity index (χ1v) is 11.3. The van der Waals surface area contributed by atoms with Gasteiger partial charge in [0, 0.05) is 22.7 Å². The zero-order valence-corrected chi connectivity index (χ0v) is 20.6. The molecule has 0 saturated carbocycles. The molecule has 176 valence electrons. The highest BCUT2D eigenvalue weighted by Gasteiger charge is 2.25. The summed E-state index contributed by atoms with van der Waals surface area (Å²) in [4.78, 5) is 55.3. The first-order chi connectivity index (χ1) is 16.1. The van der Waals surface area contributed by atoms with Crippen molar-refractivity contribution in [3.63, 3.8) is 0 Å². The van der Waals surface area contributed by atoms with Gasteiger partial charge in [-0.05, 0) is 46.6 Å². The molecular formula is C22H17BrCl2N4O5. The number of benzene rings is 2. The van der Waals surface area contributed by atoms with E-state index in [0.717, 1.165) is 0 Å². The number of nitrogens with one attached hydrogen (secondary N) is 3. The first-order valence-electron chi connectivity index (χ1n) is 9.71. The SMILES string of the molecule is Cc1cccc(Br)c1C(=O)NC(Cc1c[nH]c(=O)nc1NC(=O)c1c(Cl)cccc1Cl)C(=O)O. The minimum Gasteiger partial charge on any atom is -0.480 e. The summed E-state index contributed by atoms with van der Waals surface area (Å²) in [5.74, 6) is -2.86. The molecule has 3 aromatic rings. The van der Waals surface area contributed by atoms with E-state index in [9.17, 15) is 24.3 Å². The molecule has 1 aromatic heterocycles. The predicted octanol–water partition coefficient (Wildman–Crippen LogP) is 3.83. The average Bonchev–Trinajstić information content (AvgIpc) is 2.74. The number of halogens is 3. The summed E-state index contributed by atoms with van der Waals surface area (Å²) in [7, 11) is 0. The highest BCUT2D eigenvalue weighted by molar-refractivity contribution is 9.10. The standard InChI is InChI=1S/C22H17BrCl2N4O5/c1-10-4-2-5-12(23)16(10)19(30)27-15(21(32)33)8-11-9-26-22(34)29-18(11)28-20(31)17-13(24)6-3-7-14(17)25/h2-7,9,15H,8H2,1H3,(H,27,30)(H,32,33)(H2,26,28,29,31,34). The Morgan fingerprint density at radius 2 is 1.74 bits per heavy atom. The molecule has 0 spiro atoms. The van der Waals surface area contributed by atoms with Crippen molar-refractivity contribution in [3.8, 4) is 0 Å². The van der Waals surface area contributed by atoms with Crippen LogP contribution in [0.25, 0.3) is 0 Å². The second kappa shape index (κ2) is 10.8. The summed E-state index contributed by atoms with van der Waals surface area (Å²) in [6.07, 6.45) is 0.922. The molecule has 0 radical (unpaired) electrons. The van der Waals surface area contributed by atoms with Crippen molar-refractivity contribution < 1.29 is 19.5 Å². The van der Waals surface area contributed by atoms with E-state index in [2.05, 4.69) is 36.5 Å². The molecule has 3 rings (SSSR count). The lowest BCUT2D eigenvalue weighted by molar-refractivity contribution is -0.139. The molecule has 34 heavy (non-hydrogen) atoms. The van der Waals surface area contributed by atoms with Crippen LogP contribution < -0.4 is 16.3 Å². The van der Waals surface area contributed by atoms with Crippen molar-refractivity contribution in [2.24, 2.45) is 0 Å². The van der Waals surface area contributed by atoms with E-state index in [0.29, 0.717) is 10.0 Å². The number of aliphatic carboxylic acids is 1. The van der Waals surface area contributed by atoms with Gasteiger partial charge in [0.2, 0.25) is 0 Å². The Labute approximate surface area is 211 Å². The van der Waals surface area contributed by atoms with Gasteiger partial charge in [0.1, 0.15) is 11.9 Å². The molecule has 2 amide bonds. The topological polar surface area (TPSA) is 141 Å². The number of hydrogen-bond acceptors (Lipinski definition) is 5. The molecule has 0 saturated heterocycles. The van der Waals surface area contributed by atoms with E-state index < -0.39 is 29.5 Å². The van der Waals surface area contributed by atoms with Gasteiger partial charge in [-0.25, -0.2) is 9.59 Å². The lowest BCUT2D eigenvalue weighted by atomic mass is 10.1. The fourth-order valence-electron chi connectivity index (χ4n) is 3.14. The van der Waals surface area contributed by atoms with E-state index in [1.165, 1.54) is 18.3 Å². The maximum atomic E-state index is 12.8. The van der Waals surface area contributed by atoms with Crippen molar-refractivity contribution in [1.82, 2.24) is 15.3 Å². The predicted molar refractivity (Wildman–Crippen MR) is 131 cm³/mol. The van der Waals surface area contributed by atoms with E-state index in [4.69, 9.17) is 23.2 Å². The van der Waals surface area contributed by atoms with Gasteiger partial charge in [0.05, 0.1) is 21.2 Å². The summed E-state index contributed by atoms with van der Waals surface area (Å²) in [5, 5.41) is 14.8. The smallest absolute Gasteiger partial charge is 0.346 e. The summed E-state index contributed by atoms with van der Waals surface area (Å²) in [5.41, 5.74) is 0.282. The van der Waals surface area contributed by atoms with Gasteiger partial charge in [-0.15, -0.1) is 0 Å². The van der Waals surface area contributed by atoms with Gasteiger partial charge in [-0.1, -0.05) is 41.4 Å². The number of hydrogen-bond donors (Lipinski definition) is 4. The van der Waals surface area contributed by atoms with Crippen LogP contribution >= 0.6 is 39.1 Å². The Kier molecular flexibility index (Phi) is 8.08. The minimum atomic E-state index is -1.40. The van der Waals surface area contributed by atoms with E-state index in [1.54, 1.807) is 31.2 Å². The van der Waals surface area contributed by atoms with Crippen LogP contribution in [0.15, 0.2) is 51.9 Å². The molecule has 0 aliphatic rings. The van der Waals surface area contributed by atoms with E-state index in [1.807, 2.05) is 0 Å². The molecule has 2 aromatic carbocycles. The van der Waals surface area contributed by atoms with E-state index >= 15 is 0 Å². The number of aryl methyl sites for hydroxylation is 1. The van der Waals surface area contributed by atoms with Crippen molar-refractivity contribution in [2.75, 3.05) is 5.32 Å². The summed E-state index contributed by atoms with van der Waals surface area (Å²) in [6, 6.07) is 8.22. The van der Waals surface area contributed by atoms with Gasteiger partial charge in [-0.3, -0.25) is 9.59 Å². The number of anilines is 1. The number of amides is 2. The van der Waals surface area contributed by atoms with E-state index in [-0.39, 0.29) is 39.0 Å². The Morgan fingerprint density at radius 1 is 1.09 bits per heavy atom. The van der Waals surface area contributed by atoms with Gasteiger partial charge < -0.3 is 20.7 Å². The molecule has 9 nitrogen and oxygen atoms in total. The zero-order valence-electron chi connectivity index (χ0n) is 17.5. The summed E-state index contributed by atoms with van der Waals surface area (Å²) < 4.78 is 0.504. The lowest BCUT2D eigenvalue weighted by Gasteiger charge is -2.18. The largest absolute Gasteiger partial charge is 0.480 e. The van der Waals surface area contributed by atoms with Gasteiger partial charge >= 0.3 is 11.7 Å². The number of H-pyrrole nitrogens is 1. The number of aromatic amines is 1. The van der Waals surface area contributed by atoms with Crippen LogP contribution in [0.1, 0.15) is 31.8 Å². The quantitative estimate of drug-likeness (QED) is 0.342. The molecule has 0 fully saturated rings. The number of carbonyl (C=O) groups is 3. The van der Waals surface area contributed by atoms with Crippen molar-refractivity contribution in [3.05, 3.63) is 89.9 Å². The van der Waals surface area contributed by atoms with Gasteiger partial charge in [0.15, 0.2) is 0 Å². The van der Waals surface area contributed by atoms with Crippen molar-refractivity contribution >= 4 is 62.7 Å². The molecule has 0 aliphatic heterocycles. The van der Waals surface area contributed by atoms with Crippen LogP contribution in [-0.2, 0) is 11.2 Å².